The van der Waals surface area contributed by atoms with Crippen LogP contribution in [0.15, 0.2) is 0 Å². The zero-order valence-corrected chi connectivity index (χ0v) is 93.9. The van der Waals surface area contributed by atoms with Crippen molar-refractivity contribution in [2.45, 2.75) is 372 Å². The first-order chi connectivity index (χ1) is 60.9. The van der Waals surface area contributed by atoms with Crippen molar-refractivity contribution in [3.8, 4) is 6.07 Å². The number of aliphatic carboxylic acids is 1. The molecule has 6 amide bonds. The van der Waals surface area contributed by atoms with Gasteiger partial charge in [-0.2, -0.15) is 13.7 Å². The number of rotatable bonds is 9. The van der Waals surface area contributed by atoms with E-state index in [0.717, 1.165) is 180 Å². The SMILES string of the molecule is CC(C)(C)OC(=O)N1CCC2(CCC(CC#N)CO2)CC1.CC(C)(C)OC(=O)N1CCC2(CCC(CC(=O)O)CO2)CC1.CC(C)(C)OC(=O)N1CCC2(CCC(CO)CO2)CC1.CC(C)(C)OC(=O)N1CCC2(CCC(COS(C)(=O)=O)CO2)CC1.CCC1CCC2(CCN(C(=O)OC(C)(C)C)CC2)OC1.COC(=O)C1CCC2(CCN(C(=O)OC(C)(C)C)CC2)OC1.[AlH3].[C-]#N.[H-].[K+].[K+].[Li+].[OH-]. The number of carbonyl (C=O) groups is 8. The zero-order chi connectivity index (χ0) is 97.9. The Morgan fingerprint density at radius 3 is 0.801 bits per heavy atom. The van der Waals surface area contributed by atoms with Crippen molar-refractivity contribution in [3.63, 3.8) is 0 Å². The molecule has 0 bridgehead atoms. The van der Waals surface area contributed by atoms with Crippen LogP contribution in [0.5, 0.6) is 0 Å². The van der Waals surface area contributed by atoms with E-state index in [9.17, 15) is 46.8 Å². The molecule has 768 valence electrons. The molecule has 35 nitrogen and oxygen atoms in total. The third kappa shape index (κ3) is 46.9. The number of hydrogen-bond acceptors (Lipinski definition) is 28. The van der Waals surface area contributed by atoms with Gasteiger partial charge in [0.25, 0.3) is 10.1 Å². The summed E-state index contributed by atoms with van der Waals surface area (Å²) >= 11 is 0. The first-order valence-electron chi connectivity index (χ1n) is 48.0. The zero-order valence-electron chi connectivity index (χ0n) is 87.8. The van der Waals surface area contributed by atoms with Crippen molar-refractivity contribution in [3.05, 3.63) is 6.57 Å². The van der Waals surface area contributed by atoms with Gasteiger partial charge in [0.05, 0.1) is 112 Å². The number of hydrogen-bond donors (Lipinski definition) is 2. The second-order valence-electron chi connectivity index (χ2n) is 44.1. The smallest absolute Gasteiger partial charge is 1.00 e. The number of nitriles is 1. The molecule has 0 saturated carbocycles. The van der Waals surface area contributed by atoms with Gasteiger partial charge in [0.15, 0.2) is 17.4 Å². The molecule has 12 aliphatic heterocycles. The molecule has 6 atom stereocenters. The van der Waals surface area contributed by atoms with Gasteiger partial charge >= 0.3 is 170 Å². The third-order valence-electron chi connectivity index (χ3n) is 26.4. The van der Waals surface area contributed by atoms with Crippen LogP contribution in [-0.4, -0.2) is 331 Å². The fourth-order valence-corrected chi connectivity index (χ4v) is 18.7. The average molecular weight is 2010 g/mol. The van der Waals surface area contributed by atoms with Crippen LogP contribution < -0.4 is 122 Å². The second kappa shape index (κ2) is 58.8. The monoisotopic (exact) mass is 2010 g/mol. The first kappa shape index (κ1) is 132. The molecular formula is C96H170AlK2LiN8O27S. The molecule has 0 radical (unpaired) electrons. The van der Waals surface area contributed by atoms with Crippen molar-refractivity contribution in [1.29, 1.82) is 10.5 Å². The first-order valence-corrected chi connectivity index (χ1v) is 49.8. The number of methoxy groups -OCH3 is 1. The largest absolute Gasteiger partial charge is 1.00 e. The van der Waals surface area contributed by atoms with E-state index in [-0.39, 0.29) is 265 Å². The van der Waals surface area contributed by atoms with E-state index in [1.54, 1.807) is 24.5 Å². The van der Waals surface area contributed by atoms with Gasteiger partial charge in [-0.1, -0.05) is 13.3 Å². The van der Waals surface area contributed by atoms with Crippen LogP contribution in [0.1, 0.15) is 306 Å². The van der Waals surface area contributed by atoms with Gasteiger partial charge in [0, 0.05) is 103 Å². The Labute approximate surface area is 922 Å². The minimum atomic E-state index is -3.40. The van der Waals surface area contributed by atoms with E-state index in [1.165, 1.54) is 20.0 Å². The molecule has 6 unspecified atom stereocenters. The molecule has 12 aliphatic rings. The summed E-state index contributed by atoms with van der Waals surface area (Å²) < 4.78 is 100. The molecule has 12 fully saturated rings. The number of aliphatic hydroxyl groups excluding tert-OH is 1. The van der Waals surface area contributed by atoms with Crippen LogP contribution in [0.25, 0.3) is 0 Å². The third-order valence-corrected chi connectivity index (χ3v) is 27.0. The number of carbonyl (C=O) groups excluding carboxylic acids is 7. The predicted molar refractivity (Wildman–Crippen MR) is 501 cm³/mol. The van der Waals surface area contributed by atoms with Crippen molar-refractivity contribution < 1.29 is 251 Å². The molecular weight excluding hydrogens is 1840 g/mol. The molecule has 40 heteroatoms. The van der Waals surface area contributed by atoms with Gasteiger partial charge < -0.3 is 120 Å². The quantitative estimate of drug-likeness (QED) is 0.0892. The van der Waals surface area contributed by atoms with Gasteiger partial charge in [-0.25, -0.2) is 28.8 Å². The molecule has 6 spiro atoms. The number of esters is 1. The van der Waals surface area contributed by atoms with E-state index in [4.69, 9.17) is 93.1 Å². The number of nitrogens with zero attached hydrogens (tertiary/aromatic N) is 8. The molecule has 0 aromatic rings. The summed E-state index contributed by atoms with van der Waals surface area (Å²) in [5.74, 6) is 0.504. The maximum atomic E-state index is 12.1. The normalized spacial score (nSPS) is 24.2. The van der Waals surface area contributed by atoms with Crippen LogP contribution in [-0.2, 0) is 85.5 Å². The van der Waals surface area contributed by atoms with E-state index >= 15 is 0 Å². The van der Waals surface area contributed by atoms with Crippen LogP contribution >= 0.6 is 0 Å². The summed E-state index contributed by atoms with van der Waals surface area (Å²) in [5.41, 5.74) is -3.42. The van der Waals surface area contributed by atoms with Gasteiger partial charge in [0.2, 0.25) is 0 Å². The van der Waals surface area contributed by atoms with E-state index in [1.807, 2.05) is 130 Å². The fraction of sp³-hybridized carbons (Fsp3) is 0.896. The Balaban J connectivity index is 0.00000160. The van der Waals surface area contributed by atoms with Gasteiger partial charge in [0.1, 0.15) is 33.6 Å². The molecule has 0 aromatic heterocycles. The standard InChI is InChI=1S/C16H26N2O3.C16H29NO6S.2C16H27NO5.C16H29NO3.C15H27NO4.CN.Al.2K.Li.H2O.4H/c1-15(2,3)21-14(19)18-10-7-16(8-11-18)6-4-13(5-9-17)12-20-16;1-15(2,3)23-14(18)17-9-7-16(8-10-17)6-5-13(11-21-16)12-22-24(4,19)20;1-15(2,3)22-14(19)17-9-7-16(8-10-17)6-5-12(11-21-16)13(18)20-4;1-15(2,3)22-14(20)17-8-6-16(7-9-17)5-4-12(11-21-16)10-13(18)19;1-5-13-6-7-16(19-12-13)8-10-17(11-9-16)14(18)20-15(2,3)4;1-14(2,3)20-13(18)16-8-6-15(7-9-16)5-4-12(10-17)11-19-15;1-2;;;;;;;;;/h13H,4-8,10-12H2,1-3H3;13H,5-12H2,1-4H3;12H,5-11H2,1-4H3;12H,4-11H2,1-3H3,(H,18,19);13H,5-12H2,1-4H3;12,17H,4-11H2,1-3H3;;;;;;1H2;;;;/q;;;;;;-1;;3*+1;;;;;-1/p-1. The minimum Gasteiger partial charge on any atom is -1.00 e. The summed E-state index contributed by atoms with van der Waals surface area (Å²) in [6.45, 7) is 52.9. The molecule has 136 heavy (non-hydrogen) atoms. The van der Waals surface area contributed by atoms with Crippen molar-refractivity contribution in [2.75, 3.05) is 145 Å². The number of piperidine rings is 6. The van der Waals surface area contributed by atoms with Gasteiger partial charge in [-0.15, -0.1) is 0 Å². The van der Waals surface area contributed by atoms with Crippen LogP contribution in [0.2, 0.25) is 0 Å². The van der Waals surface area contributed by atoms with E-state index in [2.05, 4.69) is 13.0 Å². The maximum absolute atomic E-state index is 12.1. The maximum Gasteiger partial charge on any atom is 1.00 e. The second-order valence-corrected chi connectivity index (χ2v) is 45.7. The summed E-state index contributed by atoms with van der Waals surface area (Å²) in [5, 5.41) is 33.0. The Hall–Kier alpha value is -2.47. The van der Waals surface area contributed by atoms with Gasteiger partial charge in [-0.05, 0) is 296 Å². The summed E-state index contributed by atoms with van der Waals surface area (Å²) in [6, 6.07) is 2.22. The summed E-state index contributed by atoms with van der Waals surface area (Å²) in [7, 11) is -1.99. The van der Waals surface area contributed by atoms with Crippen molar-refractivity contribution in [1.82, 2.24) is 29.4 Å². The Morgan fingerprint density at radius 2 is 0.618 bits per heavy atom. The Kier molecular flexibility index (Phi) is 56.8. The van der Waals surface area contributed by atoms with E-state index < -0.39 is 49.7 Å². The van der Waals surface area contributed by atoms with Crippen LogP contribution in [0.3, 0.4) is 0 Å². The molecule has 3 N–H and O–H groups in total. The molecule has 12 rings (SSSR count). The number of carboxylic acid groups (broad SMARTS) is 1. The van der Waals surface area contributed by atoms with Crippen LogP contribution in [0.4, 0.5) is 28.8 Å². The number of amides is 6. The number of ether oxygens (including phenoxy) is 13. The molecule has 12 heterocycles. The number of carboxylic acids is 1. The van der Waals surface area contributed by atoms with Crippen molar-refractivity contribution in [2.24, 2.45) is 35.5 Å². The average Bonchev–Trinajstić information content (AvgIpc) is 0.851. The topological polar surface area (TPSA) is 437 Å². The Morgan fingerprint density at radius 1 is 0.397 bits per heavy atom. The Bertz CT molecular complexity index is 3680. The van der Waals surface area contributed by atoms with E-state index in [0.29, 0.717) is 111 Å². The minimum absolute atomic E-state index is 0. The molecule has 12 saturated heterocycles. The molecule has 0 aromatic carbocycles. The number of likely N-dealkylation sites (tertiary alicyclic amines) is 6. The summed E-state index contributed by atoms with van der Waals surface area (Å²) in [6.07, 6.45) is 23.3. The van der Waals surface area contributed by atoms with Crippen LogP contribution in [0, 0.1) is 58.7 Å². The fourth-order valence-electron chi connectivity index (χ4n) is 18.2. The summed E-state index contributed by atoms with van der Waals surface area (Å²) in [4.78, 5) is 105. The number of aliphatic hydroxyl groups is 1. The predicted octanol–water partition coefficient (Wildman–Crippen LogP) is 5.90. The van der Waals surface area contributed by atoms with Crippen molar-refractivity contribution >= 4 is 76.0 Å². The van der Waals surface area contributed by atoms with Gasteiger partial charge in [-0.3, -0.25) is 13.8 Å². The molecule has 0 aliphatic carbocycles.